The third-order valence-corrected chi connectivity index (χ3v) is 6.61. The normalized spacial score (nSPS) is 11.4. The average molecular weight is 484 g/mol. The summed E-state index contributed by atoms with van der Waals surface area (Å²) in [7, 11) is 0.552. The van der Waals surface area contributed by atoms with Gasteiger partial charge < -0.3 is 9.64 Å². The molecular weight excluding hydrogens is 458 g/mol. The van der Waals surface area contributed by atoms with Crippen LogP contribution in [0, 0.1) is 6.92 Å². The number of aryl methyl sites for hydroxylation is 1. The number of carbonyl (C=O) groups is 1. The molecule has 1 amide bonds. The van der Waals surface area contributed by atoms with E-state index in [-0.39, 0.29) is 29.8 Å². The number of rotatable bonds is 8. The van der Waals surface area contributed by atoms with Gasteiger partial charge in [0.05, 0.1) is 15.1 Å². The summed E-state index contributed by atoms with van der Waals surface area (Å²) in [5.41, 5.74) is 1.77. The minimum Gasteiger partial charge on any atom is -0.484 e. The van der Waals surface area contributed by atoms with Gasteiger partial charge in [-0.1, -0.05) is 29.0 Å². The Morgan fingerprint density at radius 3 is 2.39 bits per heavy atom. The highest BCUT2D eigenvalue weighted by molar-refractivity contribution is 7.90. The summed E-state index contributed by atoms with van der Waals surface area (Å²) >= 11 is 1.29. The number of hydrogen-bond acceptors (Lipinski definition) is 7. The van der Waals surface area contributed by atoms with E-state index in [2.05, 4.69) is 4.98 Å². The fourth-order valence-electron chi connectivity index (χ4n) is 2.72. The molecule has 0 spiro atoms. The topological polar surface area (TPSA) is 79.8 Å². The van der Waals surface area contributed by atoms with Crippen LogP contribution in [-0.2, 0) is 14.6 Å². The SMILES string of the molecule is Cc1ccc(OCC(=O)N(CCN(C)C)c2nc3ccc(S(C)(=O)=O)cc3s2)cc1.Cl. The van der Waals surface area contributed by atoms with Crippen molar-refractivity contribution < 1.29 is 17.9 Å². The molecular formula is C21H26ClN3O4S2. The number of aromatic nitrogens is 1. The first-order valence-corrected chi connectivity index (χ1v) is 12.1. The van der Waals surface area contributed by atoms with Crippen LogP contribution in [0.1, 0.15) is 5.56 Å². The Morgan fingerprint density at radius 2 is 1.77 bits per heavy atom. The lowest BCUT2D eigenvalue weighted by Crippen LogP contribution is -2.39. The molecule has 0 unspecified atom stereocenters. The van der Waals surface area contributed by atoms with Crippen LogP contribution in [0.4, 0.5) is 5.13 Å². The number of amides is 1. The van der Waals surface area contributed by atoms with E-state index in [0.29, 0.717) is 29.5 Å². The molecule has 0 fully saturated rings. The largest absolute Gasteiger partial charge is 0.484 e. The van der Waals surface area contributed by atoms with Crippen LogP contribution in [0.5, 0.6) is 5.75 Å². The van der Waals surface area contributed by atoms with Gasteiger partial charge in [-0.2, -0.15) is 0 Å². The Morgan fingerprint density at radius 1 is 1.10 bits per heavy atom. The quantitative estimate of drug-likeness (QED) is 0.488. The zero-order valence-corrected chi connectivity index (χ0v) is 20.3. The molecule has 10 heteroatoms. The van der Waals surface area contributed by atoms with Gasteiger partial charge in [-0.15, -0.1) is 12.4 Å². The Balaban J connectivity index is 0.00000341. The minimum atomic E-state index is -3.31. The number of hydrogen-bond donors (Lipinski definition) is 0. The first kappa shape index (κ1) is 25.1. The zero-order chi connectivity index (χ0) is 21.9. The smallest absolute Gasteiger partial charge is 0.266 e. The maximum Gasteiger partial charge on any atom is 0.266 e. The number of fused-ring (bicyclic) bond motifs is 1. The van der Waals surface area contributed by atoms with E-state index in [1.807, 2.05) is 50.2 Å². The molecule has 3 aromatic rings. The molecule has 1 heterocycles. The summed E-state index contributed by atoms with van der Waals surface area (Å²) in [6, 6.07) is 12.3. The van der Waals surface area contributed by atoms with Gasteiger partial charge in [0.25, 0.3) is 5.91 Å². The van der Waals surface area contributed by atoms with Crippen molar-refractivity contribution in [3.63, 3.8) is 0 Å². The van der Waals surface area contributed by atoms with Crippen LogP contribution in [0.3, 0.4) is 0 Å². The monoisotopic (exact) mass is 483 g/mol. The summed E-state index contributed by atoms with van der Waals surface area (Å²) in [4.78, 5) is 21.3. The Kier molecular flexibility index (Phi) is 8.41. The molecule has 2 aromatic carbocycles. The summed E-state index contributed by atoms with van der Waals surface area (Å²) in [5, 5.41) is 0.523. The molecule has 1 aromatic heterocycles. The highest BCUT2D eigenvalue weighted by atomic mass is 35.5. The second-order valence-electron chi connectivity index (χ2n) is 7.35. The highest BCUT2D eigenvalue weighted by Crippen LogP contribution is 2.30. The molecule has 0 aliphatic carbocycles. The van der Waals surface area contributed by atoms with Gasteiger partial charge in [0.15, 0.2) is 21.6 Å². The molecule has 31 heavy (non-hydrogen) atoms. The molecule has 0 N–H and O–H groups in total. The fourth-order valence-corrected chi connectivity index (χ4v) is 4.49. The van der Waals surface area contributed by atoms with Crippen molar-refractivity contribution >= 4 is 54.8 Å². The van der Waals surface area contributed by atoms with E-state index >= 15 is 0 Å². The van der Waals surface area contributed by atoms with Crippen molar-refractivity contribution in [2.45, 2.75) is 11.8 Å². The second kappa shape index (κ2) is 10.4. The van der Waals surface area contributed by atoms with Crippen LogP contribution in [0.25, 0.3) is 10.2 Å². The summed E-state index contributed by atoms with van der Waals surface area (Å²) in [6.07, 6.45) is 1.17. The Hall–Kier alpha value is -2.20. The average Bonchev–Trinajstić information content (AvgIpc) is 3.09. The van der Waals surface area contributed by atoms with Crippen molar-refractivity contribution in [3.05, 3.63) is 48.0 Å². The van der Waals surface area contributed by atoms with Crippen molar-refractivity contribution in [2.75, 3.05) is 44.9 Å². The van der Waals surface area contributed by atoms with Crippen molar-refractivity contribution in [3.8, 4) is 5.75 Å². The molecule has 168 valence electrons. The molecule has 0 aliphatic heterocycles. The Labute approximate surface area is 193 Å². The first-order chi connectivity index (χ1) is 14.1. The molecule has 7 nitrogen and oxygen atoms in total. The van der Waals surface area contributed by atoms with Gasteiger partial charge in [-0.3, -0.25) is 9.69 Å². The van der Waals surface area contributed by atoms with E-state index in [4.69, 9.17) is 4.74 Å². The van der Waals surface area contributed by atoms with E-state index in [9.17, 15) is 13.2 Å². The number of nitrogens with zero attached hydrogens (tertiary/aromatic N) is 3. The van der Waals surface area contributed by atoms with Gasteiger partial charge in [-0.25, -0.2) is 13.4 Å². The number of benzene rings is 2. The van der Waals surface area contributed by atoms with Crippen LogP contribution >= 0.6 is 23.7 Å². The van der Waals surface area contributed by atoms with Crippen LogP contribution < -0.4 is 9.64 Å². The number of halogens is 1. The van der Waals surface area contributed by atoms with E-state index in [1.165, 1.54) is 23.7 Å². The standard InChI is InChI=1S/C21H25N3O4S2.ClH/c1-15-5-7-16(8-6-15)28-14-20(25)24(12-11-23(2)3)21-22-18-10-9-17(30(4,26)27)13-19(18)29-21;/h5-10,13H,11-12,14H2,1-4H3;1H. The molecule has 0 radical (unpaired) electrons. The lowest BCUT2D eigenvalue weighted by atomic mass is 10.2. The third-order valence-electron chi connectivity index (χ3n) is 4.46. The maximum atomic E-state index is 13.0. The number of thiazole rings is 1. The first-order valence-electron chi connectivity index (χ1n) is 9.39. The zero-order valence-electron chi connectivity index (χ0n) is 17.9. The predicted molar refractivity (Wildman–Crippen MR) is 128 cm³/mol. The predicted octanol–water partition coefficient (Wildman–Crippen LogP) is 3.40. The van der Waals surface area contributed by atoms with Crippen molar-refractivity contribution in [1.29, 1.82) is 0 Å². The van der Waals surface area contributed by atoms with Gasteiger partial charge in [0.1, 0.15) is 5.75 Å². The molecule has 0 saturated heterocycles. The number of ether oxygens (including phenoxy) is 1. The van der Waals surface area contributed by atoms with Crippen molar-refractivity contribution in [1.82, 2.24) is 9.88 Å². The second-order valence-corrected chi connectivity index (χ2v) is 10.4. The fraction of sp³-hybridized carbons (Fsp3) is 0.333. The minimum absolute atomic E-state index is 0. The molecule has 0 aliphatic rings. The van der Waals surface area contributed by atoms with Gasteiger partial charge in [0, 0.05) is 19.3 Å². The molecule has 0 atom stereocenters. The van der Waals surface area contributed by atoms with Crippen LogP contribution in [-0.4, -0.2) is 64.3 Å². The molecule has 0 bridgehead atoms. The lowest BCUT2D eigenvalue weighted by Gasteiger charge is -2.22. The number of carbonyl (C=O) groups excluding carboxylic acids is 1. The number of anilines is 1. The third kappa shape index (κ3) is 6.64. The Bertz CT molecular complexity index is 1150. The van der Waals surface area contributed by atoms with Gasteiger partial charge in [0.2, 0.25) is 0 Å². The van der Waals surface area contributed by atoms with Crippen LogP contribution in [0.15, 0.2) is 47.4 Å². The highest BCUT2D eigenvalue weighted by Gasteiger charge is 2.21. The number of sulfone groups is 1. The summed E-state index contributed by atoms with van der Waals surface area (Å²) in [6.45, 7) is 2.98. The molecule has 3 rings (SSSR count). The van der Waals surface area contributed by atoms with E-state index in [0.717, 1.165) is 10.3 Å². The van der Waals surface area contributed by atoms with E-state index < -0.39 is 9.84 Å². The van der Waals surface area contributed by atoms with Gasteiger partial charge >= 0.3 is 0 Å². The maximum absolute atomic E-state index is 13.0. The lowest BCUT2D eigenvalue weighted by molar-refractivity contribution is -0.120. The van der Waals surface area contributed by atoms with E-state index in [1.54, 1.807) is 17.0 Å². The summed E-state index contributed by atoms with van der Waals surface area (Å²) < 4.78 is 30.1. The van der Waals surface area contributed by atoms with Gasteiger partial charge in [-0.05, 0) is 51.4 Å². The number of likely N-dealkylation sites (N-methyl/N-ethyl adjacent to an activating group) is 1. The molecule has 0 saturated carbocycles. The van der Waals surface area contributed by atoms with Crippen LogP contribution in [0.2, 0.25) is 0 Å². The van der Waals surface area contributed by atoms with Crippen molar-refractivity contribution in [2.24, 2.45) is 0 Å². The summed E-state index contributed by atoms with van der Waals surface area (Å²) in [5.74, 6) is 0.420.